The van der Waals surface area contributed by atoms with Gasteiger partial charge in [0.05, 0.1) is 5.56 Å². The summed E-state index contributed by atoms with van der Waals surface area (Å²) in [6, 6.07) is 7.14. The van der Waals surface area contributed by atoms with Gasteiger partial charge in [0, 0.05) is 17.5 Å². The van der Waals surface area contributed by atoms with Crippen LogP contribution < -0.4 is 5.32 Å². The second kappa shape index (κ2) is 6.59. The first kappa shape index (κ1) is 16.3. The molecule has 2 heterocycles. The van der Waals surface area contributed by atoms with Crippen LogP contribution in [0.1, 0.15) is 31.2 Å². The zero-order chi connectivity index (χ0) is 17.4. The number of anilines is 1. The molecule has 2 fully saturated rings. The highest BCUT2D eigenvalue weighted by Gasteiger charge is 2.34. The Balaban J connectivity index is 1.43. The van der Waals surface area contributed by atoms with E-state index in [0.29, 0.717) is 22.7 Å². The molecule has 132 valence electrons. The van der Waals surface area contributed by atoms with Crippen molar-refractivity contribution in [3.63, 3.8) is 0 Å². The first-order chi connectivity index (χ1) is 12.1. The summed E-state index contributed by atoms with van der Waals surface area (Å²) < 4.78 is 19.2. The summed E-state index contributed by atoms with van der Waals surface area (Å²) >= 11 is 0. The summed E-state index contributed by atoms with van der Waals surface area (Å²) in [5.74, 6) is 0.354. The van der Waals surface area contributed by atoms with E-state index >= 15 is 0 Å². The number of hydrogen-bond acceptors (Lipinski definition) is 4. The topological polar surface area (TPSA) is 58.4 Å². The van der Waals surface area contributed by atoms with Crippen LogP contribution in [0.3, 0.4) is 0 Å². The number of nitrogens with zero attached hydrogens (tertiary/aromatic N) is 2. The number of benzene rings is 1. The number of nitrogens with one attached hydrogen (secondary N) is 1. The predicted octanol–water partition coefficient (Wildman–Crippen LogP) is 3.60. The van der Waals surface area contributed by atoms with Crippen LogP contribution in [0.4, 0.5) is 10.2 Å². The summed E-state index contributed by atoms with van der Waals surface area (Å²) in [7, 11) is 0. The lowest BCUT2D eigenvalue weighted by Gasteiger charge is -2.31. The van der Waals surface area contributed by atoms with Gasteiger partial charge in [-0.25, -0.2) is 4.39 Å². The van der Waals surface area contributed by atoms with E-state index in [1.807, 2.05) is 0 Å². The lowest BCUT2D eigenvalue weighted by atomic mass is 9.95. The summed E-state index contributed by atoms with van der Waals surface area (Å²) in [6.45, 7) is 3.76. The highest BCUT2D eigenvalue weighted by atomic mass is 19.1. The van der Waals surface area contributed by atoms with Gasteiger partial charge in [0.1, 0.15) is 5.82 Å². The van der Waals surface area contributed by atoms with Crippen molar-refractivity contribution < 1.29 is 13.7 Å². The van der Waals surface area contributed by atoms with Gasteiger partial charge < -0.3 is 14.7 Å². The second-order valence-electron chi connectivity index (χ2n) is 7.00. The monoisotopic (exact) mass is 343 g/mol. The number of carbonyl (C=O) groups excluding carboxylic acids is 1. The van der Waals surface area contributed by atoms with Crippen LogP contribution in [0.5, 0.6) is 0 Å². The van der Waals surface area contributed by atoms with Gasteiger partial charge in [0.2, 0.25) is 5.91 Å². The predicted molar refractivity (Wildman–Crippen MR) is 92.6 cm³/mol. The van der Waals surface area contributed by atoms with Gasteiger partial charge in [-0.2, -0.15) is 0 Å². The highest BCUT2D eigenvalue weighted by molar-refractivity contribution is 5.93. The van der Waals surface area contributed by atoms with Gasteiger partial charge in [0.25, 0.3) is 0 Å². The van der Waals surface area contributed by atoms with Crippen molar-refractivity contribution in [1.82, 2.24) is 10.1 Å². The number of halogens is 1. The van der Waals surface area contributed by atoms with Crippen molar-refractivity contribution in [2.45, 2.75) is 38.6 Å². The number of hydrogen-bond donors (Lipinski definition) is 1. The quantitative estimate of drug-likeness (QED) is 0.921. The Kier molecular flexibility index (Phi) is 4.29. The van der Waals surface area contributed by atoms with Crippen molar-refractivity contribution in [3.05, 3.63) is 35.6 Å². The zero-order valence-electron chi connectivity index (χ0n) is 14.3. The molecule has 2 aromatic rings. The largest absolute Gasteiger partial charge is 0.354 e. The molecular weight excluding hydrogens is 321 g/mol. The van der Waals surface area contributed by atoms with Crippen molar-refractivity contribution in [3.8, 4) is 11.3 Å². The lowest BCUT2D eigenvalue weighted by Crippen LogP contribution is -2.39. The van der Waals surface area contributed by atoms with Crippen LogP contribution in [-0.2, 0) is 4.79 Å². The first-order valence-electron chi connectivity index (χ1n) is 8.89. The van der Waals surface area contributed by atoms with E-state index in [-0.39, 0.29) is 17.6 Å². The van der Waals surface area contributed by atoms with Gasteiger partial charge >= 0.3 is 0 Å². The molecule has 1 aliphatic carbocycles. The Hall–Kier alpha value is -2.21. The molecule has 6 heteroatoms. The summed E-state index contributed by atoms with van der Waals surface area (Å²) in [4.78, 5) is 15.0. The Morgan fingerprint density at radius 1 is 1.24 bits per heavy atom. The molecule has 4 rings (SSSR count). The van der Waals surface area contributed by atoms with Crippen LogP contribution in [0, 0.1) is 18.7 Å². The molecule has 0 bridgehead atoms. The molecule has 0 unspecified atom stereocenters. The van der Waals surface area contributed by atoms with Crippen LogP contribution in [0.25, 0.3) is 11.3 Å². The van der Waals surface area contributed by atoms with E-state index in [1.54, 1.807) is 25.1 Å². The second-order valence-corrected chi connectivity index (χ2v) is 7.00. The molecule has 1 amide bonds. The third kappa shape index (κ3) is 3.31. The summed E-state index contributed by atoms with van der Waals surface area (Å²) in [6.07, 6.45) is 4.35. The lowest BCUT2D eigenvalue weighted by molar-refractivity contribution is -0.121. The normalized spacial score (nSPS) is 19.1. The van der Waals surface area contributed by atoms with Crippen LogP contribution in [-0.4, -0.2) is 35.1 Å². The fourth-order valence-electron chi connectivity index (χ4n) is 3.53. The maximum Gasteiger partial charge on any atom is 0.228 e. The van der Waals surface area contributed by atoms with E-state index in [1.165, 1.54) is 18.9 Å². The van der Waals surface area contributed by atoms with E-state index < -0.39 is 0 Å². The molecule has 1 aromatic carbocycles. The minimum atomic E-state index is -0.368. The highest BCUT2D eigenvalue weighted by Crippen LogP contribution is 2.33. The fourth-order valence-corrected chi connectivity index (χ4v) is 3.53. The number of rotatable bonds is 4. The minimum Gasteiger partial charge on any atom is -0.354 e. The van der Waals surface area contributed by atoms with Crippen LogP contribution >= 0.6 is 0 Å². The molecule has 25 heavy (non-hydrogen) atoms. The van der Waals surface area contributed by atoms with Gasteiger partial charge in [-0.1, -0.05) is 17.3 Å². The third-order valence-electron chi connectivity index (χ3n) is 5.25. The Labute approximate surface area is 146 Å². The summed E-state index contributed by atoms with van der Waals surface area (Å²) in [5, 5.41) is 6.80. The number of aromatic nitrogens is 1. The molecule has 1 N–H and O–H groups in total. The maximum atomic E-state index is 13.9. The van der Waals surface area contributed by atoms with E-state index in [2.05, 4.69) is 15.4 Å². The van der Waals surface area contributed by atoms with Crippen molar-refractivity contribution >= 4 is 11.7 Å². The molecule has 0 atom stereocenters. The average molecular weight is 343 g/mol. The minimum absolute atomic E-state index is 0.00279. The van der Waals surface area contributed by atoms with Crippen LogP contribution in [0.2, 0.25) is 0 Å². The molecule has 1 aliphatic heterocycles. The van der Waals surface area contributed by atoms with Crippen molar-refractivity contribution in [1.29, 1.82) is 0 Å². The number of carbonyl (C=O) groups is 1. The first-order valence-corrected chi connectivity index (χ1v) is 8.89. The molecule has 1 saturated heterocycles. The van der Waals surface area contributed by atoms with Gasteiger partial charge in [0.15, 0.2) is 11.6 Å². The Morgan fingerprint density at radius 3 is 2.64 bits per heavy atom. The number of piperidine rings is 1. The van der Waals surface area contributed by atoms with Gasteiger partial charge in [-0.3, -0.25) is 4.79 Å². The van der Waals surface area contributed by atoms with E-state index in [0.717, 1.165) is 32.0 Å². The molecule has 2 aliphatic rings. The smallest absolute Gasteiger partial charge is 0.228 e. The number of likely N-dealkylation sites (tertiary alicyclic amines) is 1. The van der Waals surface area contributed by atoms with Gasteiger partial charge in [-0.15, -0.1) is 0 Å². The molecule has 1 aromatic heterocycles. The van der Waals surface area contributed by atoms with Crippen molar-refractivity contribution in [2.24, 2.45) is 5.92 Å². The third-order valence-corrected chi connectivity index (χ3v) is 5.25. The zero-order valence-corrected chi connectivity index (χ0v) is 14.3. The van der Waals surface area contributed by atoms with Gasteiger partial charge in [-0.05, 0) is 57.8 Å². The molecule has 1 saturated carbocycles. The fraction of sp³-hybridized carbons (Fsp3) is 0.474. The average Bonchev–Trinajstić information content (AvgIpc) is 3.42. The standard InChI is InChI=1S/C19H22FN3O2/c1-12-17(15-4-2-3-5-16(15)20)25-22-18(12)21-19(24)13-8-10-23(11-9-13)14-6-7-14/h2-5,13-14H,6-11H2,1H3,(H,21,22,24). The summed E-state index contributed by atoms with van der Waals surface area (Å²) in [5.41, 5.74) is 1.000. The van der Waals surface area contributed by atoms with E-state index in [4.69, 9.17) is 4.52 Å². The van der Waals surface area contributed by atoms with Crippen LogP contribution in [0.15, 0.2) is 28.8 Å². The molecule has 0 spiro atoms. The number of amides is 1. The Morgan fingerprint density at radius 2 is 1.96 bits per heavy atom. The molecule has 0 radical (unpaired) electrons. The Bertz CT molecular complexity index is 777. The van der Waals surface area contributed by atoms with E-state index in [9.17, 15) is 9.18 Å². The molecular formula is C19H22FN3O2. The van der Waals surface area contributed by atoms with Crippen molar-refractivity contribution in [2.75, 3.05) is 18.4 Å². The molecule has 5 nitrogen and oxygen atoms in total. The SMILES string of the molecule is Cc1c(NC(=O)C2CCN(C3CC3)CC2)noc1-c1ccccc1F. The maximum absolute atomic E-state index is 13.9.